The van der Waals surface area contributed by atoms with Crippen molar-refractivity contribution in [2.45, 2.75) is 46.2 Å². The summed E-state index contributed by atoms with van der Waals surface area (Å²) in [5.74, 6) is 0.441. The van der Waals surface area contributed by atoms with Crippen molar-refractivity contribution in [3.8, 4) is 6.07 Å². The first-order valence-electron chi connectivity index (χ1n) is 6.30. The highest BCUT2D eigenvalue weighted by atomic mass is 16.1. The summed E-state index contributed by atoms with van der Waals surface area (Å²) in [4.78, 5) is 18.3. The summed E-state index contributed by atoms with van der Waals surface area (Å²) in [6.45, 7) is 7.25. The van der Waals surface area contributed by atoms with Gasteiger partial charge < -0.3 is 9.47 Å². The Morgan fingerprint density at radius 1 is 1.56 bits per heavy atom. The van der Waals surface area contributed by atoms with E-state index in [1.165, 1.54) is 0 Å². The quantitative estimate of drug-likeness (QED) is 0.770. The predicted octanol–water partition coefficient (Wildman–Crippen LogP) is 1.78. The molecule has 0 N–H and O–H groups in total. The largest absolute Gasteiger partial charge is 0.349 e. The number of aromatic nitrogens is 2. The highest BCUT2D eigenvalue weighted by Gasteiger charge is 2.16. The van der Waals surface area contributed by atoms with Crippen LogP contribution in [0.15, 0.2) is 17.2 Å². The second-order valence-corrected chi connectivity index (χ2v) is 4.44. The maximum Gasteiger partial charge on any atom is 0.293 e. The van der Waals surface area contributed by atoms with Crippen molar-refractivity contribution in [3.63, 3.8) is 0 Å². The van der Waals surface area contributed by atoms with Gasteiger partial charge in [-0.25, -0.2) is 4.98 Å². The fourth-order valence-corrected chi connectivity index (χ4v) is 1.83. The van der Waals surface area contributed by atoms with Gasteiger partial charge in [0.15, 0.2) is 5.82 Å². The van der Waals surface area contributed by atoms with Crippen molar-refractivity contribution in [3.05, 3.63) is 22.7 Å². The van der Waals surface area contributed by atoms with E-state index < -0.39 is 0 Å². The Balaban J connectivity index is 3.09. The molecule has 0 aliphatic heterocycles. The summed E-state index contributed by atoms with van der Waals surface area (Å²) < 4.78 is 1.67. The first-order valence-corrected chi connectivity index (χ1v) is 6.30. The van der Waals surface area contributed by atoms with Gasteiger partial charge in [-0.05, 0) is 20.3 Å². The topological polar surface area (TPSA) is 61.9 Å². The van der Waals surface area contributed by atoms with Crippen LogP contribution < -0.4 is 10.5 Å². The fourth-order valence-electron chi connectivity index (χ4n) is 1.83. The zero-order valence-corrected chi connectivity index (χ0v) is 11.3. The summed E-state index contributed by atoms with van der Waals surface area (Å²) in [5.41, 5.74) is -0.0778. The van der Waals surface area contributed by atoms with Gasteiger partial charge in [0, 0.05) is 31.5 Å². The molecule has 0 aliphatic rings. The third-order valence-electron chi connectivity index (χ3n) is 2.72. The van der Waals surface area contributed by atoms with Crippen LogP contribution in [0.3, 0.4) is 0 Å². The van der Waals surface area contributed by atoms with Gasteiger partial charge in [0.2, 0.25) is 0 Å². The Morgan fingerprint density at radius 3 is 2.83 bits per heavy atom. The molecule has 18 heavy (non-hydrogen) atoms. The summed E-state index contributed by atoms with van der Waals surface area (Å²) in [7, 11) is 0. The van der Waals surface area contributed by atoms with E-state index in [9.17, 15) is 4.79 Å². The number of nitrogens with zero attached hydrogens (tertiary/aromatic N) is 4. The maximum absolute atomic E-state index is 12.2. The molecule has 0 fully saturated rings. The van der Waals surface area contributed by atoms with Crippen LogP contribution >= 0.6 is 0 Å². The summed E-state index contributed by atoms with van der Waals surface area (Å²) in [6, 6.07) is 2.25. The second kappa shape index (κ2) is 6.80. The zero-order valence-electron chi connectivity index (χ0n) is 11.3. The molecule has 5 heteroatoms. The van der Waals surface area contributed by atoms with Gasteiger partial charge in [-0.2, -0.15) is 5.26 Å². The van der Waals surface area contributed by atoms with Crippen LogP contribution in [-0.4, -0.2) is 22.1 Å². The minimum Gasteiger partial charge on any atom is -0.349 e. The van der Waals surface area contributed by atoms with Gasteiger partial charge in [0.25, 0.3) is 5.56 Å². The molecule has 1 aromatic rings. The van der Waals surface area contributed by atoms with Crippen molar-refractivity contribution >= 4 is 5.82 Å². The lowest BCUT2D eigenvalue weighted by Gasteiger charge is -2.26. The molecule has 0 amide bonds. The summed E-state index contributed by atoms with van der Waals surface area (Å²) in [6.07, 6.45) is 4.65. The minimum atomic E-state index is -0.0778. The smallest absolute Gasteiger partial charge is 0.293 e. The molecule has 0 radical (unpaired) electrons. The van der Waals surface area contributed by atoms with Crippen LogP contribution in [0, 0.1) is 11.3 Å². The van der Waals surface area contributed by atoms with E-state index in [1.54, 1.807) is 17.0 Å². The van der Waals surface area contributed by atoms with Gasteiger partial charge >= 0.3 is 0 Å². The van der Waals surface area contributed by atoms with Gasteiger partial charge in [-0.3, -0.25) is 4.79 Å². The number of rotatable bonds is 6. The van der Waals surface area contributed by atoms with Crippen LogP contribution in [-0.2, 0) is 6.54 Å². The van der Waals surface area contributed by atoms with Crippen molar-refractivity contribution in [1.29, 1.82) is 5.26 Å². The van der Waals surface area contributed by atoms with Crippen LogP contribution in [0.5, 0.6) is 0 Å². The standard InChI is InChI=1S/C13H20N4O/c1-4-8-16-10-7-15-12(13(16)18)17(11(2)3)9-5-6-14/h7,10-11H,4-5,8-9H2,1-3H3. The number of hydrogen-bond donors (Lipinski definition) is 0. The third-order valence-corrected chi connectivity index (χ3v) is 2.72. The molecule has 0 unspecified atom stereocenters. The highest BCUT2D eigenvalue weighted by molar-refractivity contribution is 5.36. The number of hydrogen-bond acceptors (Lipinski definition) is 4. The highest BCUT2D eigenvalue weighted by Crippen LogP contribution is 2.09. The monoisotopic (exact) mass is 248 g/mol. The zero-order chi connectivity index (χ0) is 13.5. The summed E-state index contributed by atoms with van der Waals surface area (Å²) in [5, 5.41) is 8.67. The molecule has 0 saturated carbocycles. The van der Waals surface area contributed by atoms with Crippen molar-refractivity contribution in [1.82, 2.24) is 9.55 Å². The minimum absolute atomic E-state index is 0.0778. The number of anilines is 1. The SMILES string of the molecule is CCCn1ccnc(N(CCC#N)C(C)C)c1=O. The Hall–Kier alpha value is -1.83. The Kier molecular flexibility index (Phi) is 5.37. The molecule has 0 saturated heterocycles. The molecule has 98 valence electrons. The average Bonchev–Trinajstić information content (AvgIpc) is 2.34. The lowest BCUT2D eigenvalue weighted by atomic mass is 10.3. The van der Waals surface area contributed by atoms with Gasteiger partial charge in [0.1, 0.15) is 0 Å². The summed E-state index contributed by atoms with van der Waals surface area (Å²) >= 11 is 0. The van der Waals surface area contributed by atoms with Crippen LogP contribution in [0.25, 0.3) is 0 Å². The van der Waals surface area contributed by atoms with Crippen molar-refractivity contribution < 1.29 is 0 Å². The third kappa shape index (κ3) is 3.33. The molecule has 0 aromatic carbocycles. The molecule has 0 bridgehead atoms. The normalized spacial score (nSPS) is 10.4. The van der Waals surface area contributed by atoms with E-state index in [0.29, 0.717) is 25.3 Å². The van der Waals surface area contributed by atoms with E-state index in [0.717, 1.165) is 6.42 Å². The fraction of sp³-hybridized carbons (Fsp3) is 0.615. The lowest BCUT2D eigenvalue weighted by Crippen LogP contribution is -2.38. The molecule has 0 atom stereocenters. The van der Waals surface area contributed by atoms with Crippen LogP contribution in [0.4, 0.5) is 5.82 Å². The van der Waals surface area contributed by atoms with Gasteiger partial charge in [0.05, 0.1) is 12.5 Å². The lowest BCUT2D eigenvalue weighted by molar-refractivity contribution is 0.623. The van der Waals surface area contributed by atoms with Crippen LogP contribution in [0.2, 0.25) is 0 Å². The molecular formula is C13H20N4O. The average molecular weight is 248 g/mol. The van der Waals surface area contributed by atoms with Crippen LogP contribution in [0.1, 0.15) is 33.6 Å². The molecule has 5 nitrogen and oxygen atoms in total. The van der Waals surface area contributed by atoms with Gasteiger partial charge in [-0.15, -0.1) is 0 Å². The van der Waals surface area contributed by atoms with E-state index in [1.807, 2.05) is 25.7 Å². The van der Waals surface area contributed by atoms with Crippen molar-refractivity contribution in [2.24, 2.45) is 0 Å². The van der Waals surface area contributed by atoms with Crippen molar-refractivity contribution in [2.75, 3.05) is 11.4 Å². The Bertz CT molecular complexity index is 473. The predicted molar refractivity (Wildman–Crippen MR) is 71.5 cm³/mol. The number of aryl methyl sites for hydroxylation is 1. The molecule has 0 aliphatic carbocycles. The van der Waals surface area contributed by atoms with E-state index >= 15 is 0 Å². The second-order valence-electron chi connectivity index (χ2n) is 4.44. The Labute approximate surface area is 108 Å². The maximum atomic E-state index is 12.2. The molecule has 1 rings (SSSR count). The van der Waals surface area contributed by atoms with E-state index in [2.05, 4.69) is 11.1 Å². The number of nitriles is 1. The first kappa shape index (κ1) is 14.2. The van der Waals surface area contributed by atoms with E-state index in [-0.39, 0.29) is 11.6 Å². The van der Waals surface area contributed by atoms with E-state index in [4.69, 9.17) is 5.26 Å². The molecular weight excluding hydrogens is 228 g/mol. The first-order chi connectivity index (χ1) is 8.61. The molecule has 1 heterocycles. The molecule has 1 aromatic heterocycles. The molecule has 0 spiro atoms. The Morgan fingerprint density at radius 2 is 2.28 bits per heavy atom. The van der Waals surface area contributed by atoms with Gasteiger partial charge in [-0.1, -0.05) is 6.92 Å².